The average molecular weight is 414 g/mol. The molecule has 158 valence electrons. The quantitative estimate of drug-likeness (QED) is 0.206. The van der Waals surface area contributed by atoms with Gasteiger partial charge in [0.25, 0.3) is 0 Å². The summed E-state index contributed by atoms with van der Waals surface area (Å²) in [6, 6.07) is 0. The van der Waals surface area contributed by atoms with Crippen molar-refractivity contribution in [1.29, 1.82) is 0 Å². The summed E-state index contributed by atoms with van der Waals surface area (Å²) in [5.41, 5.74) is 0. The maximum atomic E-state index is 13.1. The van der Waals surface area contributed by atoms with Crippen molar-refractivity contribution in [3.8, 4) is 0 Å². The highest BCUT2D eigenvalue weighted by atomic mass is 19.4. The van der Waals surface area contributed by atoms with E-state index in [1.807, 2.05) is 6.92 Å². The molecule has 0 spiro atoms. The van der Waals surface area contributed by atoms with E-state index >= 15 is 0 Å². The molecule has 0 bridgehead atoms. The predicted molar refractivity (Wildman–Crippen MR) is 76.0 cm³/mol. The Morgan fingerprint density at radius 1 is 0.889 bits per heavy atom. The Balaban J connectivity index is 4.57. The first kappa shape index (κ1) is 25.1. The van der Waals surface area contributed by atoms with E-state index in [2.05, 4.69) is 9.47 Å². The van der Waals surface area contributed by atoms with Gasteiger partial charge in [0.05, 0.1) is 6.61 Å². The molecule has 0 atom stereocenters. The molecule has 0 aromatic carbocycles. The van der Waals surface area contributed by atoms with Gasteiger partial charge in [-0.05, 0) is 6.42 Å². The summed E-state index contributed by atoms with van der Waals surface area (Å²) < 4.78 is 109. The van der Waals surface area contributed by atoms with Crippen LogP contribution in [0.3, 0.4) is 0 Å². The van der Waals surface area contributed by atoms with Gasteiger partial charge >= 0.3 is 36.1 Å². The smallest absolute Gasteiger partial charge is 0.381 e. The van der Waals surface area contributed by atoms with Gasteiger partial charge in [-0.2, -0.15) is 26.3 Å². The molecular weight excluding hydrogens is 396 g/mol. The minimum Gasteiger partial charge on any atom is -0.463 e. The number of esters is 2. The lowest BCUT2D eigenvalue weighted by Gasteiger charge is -2.31. The summed E-state index contributed by atoms with van der Waals surface area (Å²) in [7, 11) is 0. The van der Waals surface area contributed by atoms with Gasteiger partial charge in [-0.3, -0.25) is 0 Å². The molecule has 0 amide bonds. The lowest BCUT2D eigenvalue weighted by Crippen LogP contribution is -2.59. The fourth-order valence-electron chi connectivity index (χ4n) is 1.57. The second-order valence-corrected chi connectivity index (χ2v) is 5.37. The van der Waals surface area contributed by atoms with Crippen LogP contribution in [0.5, 0.6) is 0 Å². The summed E-state index contributed by atoms with van der Waals surface area (Å²) in [5, 5.41) is 0. The summed E-state index contributed by atoms with van der Waals surface area (Å²) in [6.07, 6.45) is -1.21. The van der Waals surface area contributed by atoms with Crippen LogP contribution in [-0.4, -0.2) is 49.3 Å². The lowest BCUT2D eigenvalue weighted by molar-refractivity contribution is -0.344. The van der Waals surface area contributed by atoms with E-state index in [1.54, 1.807) is 0 Å². The lowest BCUT2D eigenvalue weighted by atomic mass is 10.1. The van der Waals surface area contributed by atoms with Crippen molar-refractivity contribution in [1.82, 2.24) is 0 Å². The van der Waals surface area contributed by atoms with Crippen LogP contribution in [0.1, 0.15) is 32.6 Å². The number of hydrogen-bond acceptors (Lipinski definition) is 4. The van der Waals surface area contributed by atoms with Gasteiger partial charge in [-0.25, -0.2) is 18.4 Å². The molecule has 0 aliphatic rings. The molecule has 0 fully saturated rings. The van der Waals surface area contributed by atoms with Crippen molar-refractivity contribution < 1.29 is 54.2 Å². The van der Waals surface area contributed by atoms with E-state index in [0.29, 0.717) is 12.5 Å². The molecule has 0 aliphatic heterocycles. The Bertz CT molecular complexity index is 520. The zero-order chi connectivity index (χ0) is 21.3. The molecule has 0 aromatic rings. The SMILES string of the molecule is CCCCCCOC(=O)/C=C/C(=O)OCC(F)(F)C(F)(F)C(F)(F)C(F)F. The average Bonchev–Trinajstić information content (AvgIpc) is 2.57. The van der Waals surface area contributed by atoms with Gasteiger partial charge in [0.1, 0.15) is 0 Å². The first-order chi connectivity index (χ1) is 12.3. The molecular formula is C15H18F8O4. The molecule has 0 rings (SSSR count). The number of alkyl halides is 8. The second kappa shape index (κ2) is 10.5. The van der Waals surface area contributed by atoms with Gasteiger partial charge < -0.3 is 9.47 Å². The monoisotopic (exact) mass is 414 g/mol. The normalized spacial score (nSPS) is 13.3. The van der Waals surface area contributed by atoms with Crippen molar-refractivity contribution in [3.63, 3.8) is 0 Å². The fourth-order valence-corrected chi connectivity index (χ4v) is 1.57. The van der Waals surface area contributed by atoms with Crippen molar-refractivity contribution in [2.24, 2.45) is 0 Å². The van der Waals surface area contributed by atoms with Gasteiger partial charge in [0, 0.05) is 12.2 Å². The second-order valence-electron chi connectivity index (χ2n) is 5.37. The third-order valence-corrected chi connectivity index (χ3v) is 3.15. The highest BCUT2D eigenvalue weighted by molar-refractivity contribution is 5.91. The first-order valence-corrected chi connectivity index (χ1v) is 7.72. The number of halogens is 8. The zero-order valence-corrected chi connectivity index (χ0v) is 14.1. The highest BCUT2D eigenvalue weighted by Gasteiger charge is 2.75. The van der Waals surface area contributed by atoms with Crippen LogP contribution < -0.4 is 0 Å². The zero-order valence-electron chi connectivity index (χ0n) is 14.1. The van der Waals surface area contributed by atoms with Crippen LogP contribution in [0.4, 0.5) is 35.1 Å². The summed E-state index contributed by atoms with van der Waals surface area (Å²) >= 11 is 0. The number of unbranched alkanes of at least 4 members (excludes halogenated alkanes) is 3. The van der Waals surface area contributed by atoms with E-state index < -0.39 is 42.7 Å². The Labute approximate surface area is 149 Å². The van der Waals surface area contributed by atoms with E-state index in [1.165, 1.54) is 0 Å². The van der Waals surface area contributed by atoms with Crippen molar-refractivity contribution in [3.05, 3.63) is 12.2 Å². The van der Waals surface area contributed by atoms with E-state index in [-0.39, 0.29) is 12.7 Å². The molecule has 4 nitrogen and oxygen atoms in total. The largest absolute Gasteiger partial charge is 0.463 e. The molecule has 0 unspecified atom stereocenters. The van der Waals surface area contributed by atoms with Gasteiger partial charge in [-0.15, -0.1) is 0 Å². The van der Waals surface area contributed by atoms with Crippen LogP contribution in [0.15, 0.2) is 12.2 Å². The van der Waals surface area contributed by atoms with E-state index in [4.69, 9.17) is 0 Å². The van der Waals surface area contributed by atoms with Gasteiger partial charge in [-0.1, -0.05) is 26.2 Å². The third-order valence-electron chi connectivity index (χ3n) is 3.15. The fraction of sp³-hybridized carbons (Fsp3) is 0.733. The Kier molecular flexibility index (Phi) is 9.73. The maximum absolute atomic E-state index is 13.1. The number of rotatable bonds is 12. The van der Waals surface area contributed by atoms with Crippen LogP contribution in [0.25, 0.3) is 0 Å². The Morgan fingerprint density at radius 2 is 1.41 bits per heavy atom. The van der Waals surface area contributed by atoms with Crippen molar-refractivity contribution >= 4 is 11.9 Å². The standard InChI is InChI=1S/C15H18F8O4/c1-2-3-4-5-8-26-10(24)6-7-11(25)27-9-13(18,19)15(22,23)14(20,21)12(16)17/h6-7,12H,2-5,8-9H2,1H3/b7-6+. The molecule has 0 saturated carbocycles. The van der Waals surface area contributed by atoms with Crippen LogP contribution in [-0.2, 0) is 19.1 Å². The molecule has 0 radical (unpaired) electrons. The van der Waals surface area contributed by atoms with Crippen LogP contribution in [0.2, 0.25) is 0 Å². The number of carbonyl (C=O) groups excluding carboxylic acids is 2. The van der Waals surface area contributed by atoms with E-state index in [9.17, 15) is 44.7 Å². The van der Waals surface area contributed by atoms with E-state index in [0.717, 1.165) is 19.3 Å². The first-order valence-electron chi connectivity index (χ1n) is 7.72. The van der Waals surface area contributed by atoms with Crippen LogP contribution >= 0.6 is 0 Å². The number of carbonyl (C=O) groups is 2. The topological polar surface area (TPSA) is 52.6 Å². The van der Waals surface area contributed by atoms with Crippen LogP contribution in [0, 0.1) is 0 Å². The number of hydrogen-bond donors (Lipinski definition) is 0. The molecule has 0 heterocycles. The third kappa shape index (κ3) is 7.33. The molecule has 0 aromatic heterocycles. The summed E-state index contributed by atoms with van der Waals surface area (Å²) in [5.74, 6) is -21.4. The molecule has 0 aliphatic carbocycles. The highest BCUT2D eigenvalue weighted by Crippen LogP contribution is 2.48. The Hall–Kier alpha value is -1.88. The Morgan fingerprint density at radius 3 is 1.89 bits per heavy atom. The maximum Gasteiger partial charge on any atom is 0.381 e. The van der Waals surface area contributed by atoms with Gasteiger partial charge in [0.15, 0.2) is 6.61 Å². The summed E-state index contributed by atoms with van der Waals surface area (Å²) in [6.45, 7) is -0.628. The predicted octanol–water partition coefficient (Wildman–Crippen LogP) is 4.38. The minimum absolute atomic E-state index is 0.0191. The van der Waals surface area contributed by atoms with Crippen molar-refractivity contribution in [2.45, 2.75) is 56.8 Å². The van der Waals surface area contributed by atoms with Gasteiger partial charge in [0.2, 0.25) is 0 Å². The number of ether oxygens (including phenoxy) is 2. The summed E-state index contributed by atoms with van der Waals surface area (Å²) in [4.78, 5) is 22.3. The molecule has 12 heteroatoms. The minimum atomic E-state index is -6.48. The molecule has 0 N–H and O–H groups in total. The molecule has 0 saturated heterocycles. The molecule has 27 heavy (non-hydrogen) atoms. The van der Waals surface area contributed by atoms with Crippen molar-refractivity contribution in [2.75, 3.05) is 13.2 Å².